The molecule has 1 aliphatic carbocycles. The minimum absolute atomic E-state index is 0.0281. The van der Waals surface area contributed by atoms with Crippen LogP contribution in [0.5, 0.6) is 0 Å². The van der Waals surface area contributed by atoms with Crippen molar-refractivity contribution >= 4 is 23.4 Å². The second kappa shape index (κ2) is 9.57. The number of piperazine rings is 1. The van der Waals surface area contributed by atoms with Crippen LogP contribution in [0.2, 0.25) is 0 Å². The standard InChI is InChI=1S/C27H27N3O4/c31-26(32)17-29-13-15-30(16-14-29)20-11-9-19(10-12-20)28-27(33)34-18-25-23-7-3-1-5-21(23)22-6-2-4-8-24(22)25/h1-12,25H,13-18H2,(H,28,33)(H,31,32). The second-order valence-electron chi connectivity index (χ2n) is 8.65. The van der Waals surface area contributed by atoms with Crippen molar-refractivity contribution in [2.75, 3.05) is 49.5 Å². The van der Waals surface area contributed by atoms with E-state index in [-0.39, 0.29) is 19.1 Å². The van der Waals surface area contributed by atoms with Gasteiger partial charge in [0.05, 0.1) is 6.54 Å². The van der Waals surface area contributed by atoms with Crippen LogP contribution in [-0.4, -0.2) is 61.4 Å². The normalized spacial score (nSPS) is 15.5. The Kier molecular flexibility index (Phi) is 6.18. The van der Waals surface area contributed by atoms with Crippen molar-refractivity contribution in [1.82, 2.24) is 4.90 Å². The maximum Gasteiger partial charge on any atom is 0.411 e. The Hall–Kier alpha value is -3.84. The van der Waals surface area contributed by atoms with Gasteiger partial charge in [-0.2, -0.15) is 0 Å². The van der Waals surface area contributed by atoms with Gasteiger partial charge in [-0.1, -0.05) is 48.5 Å². The first-order valence-electron chi connectivity index (χ1n) is 11.5. The van der Waals surface area contributed by atoms with Crippen molar-refractivity contribution in [3.8, 4) is 11.1 Å². The number of carbonyl (C=O) groups excluding carboxylic acids is 1. The molecule has 7 nitrogen and oxygen atoms in total. The third-order valence-corrected chi connectivity index (χ3v) is 6.55. The molecule has 3 aromatic carbocycles. The zero-order valence-electron chi connectivity index (χ0n) is 18.8. The average molecular weight is 458 g/mol. The van der Waals surface area contributed by atoms with E-state index in [9.17, 15) is 9.59 Å². The van der Waals surface area contributed by atoms with E-state index in [1.165, 1.54) is 22.3 Å². The van der Waals surface area contributed by atoms with Crippen LogP contribution in [0.1, 0.15) is 17.0 Å². The minimum atomic E-state index is -0.794. The number of aliphatic carboxylic acids is 1. The number of nitrogens with one attached hydrogen (secondary N) is 1. The predicted molar refractivity (Wildman–Crippen MR) is 131 cm³/mol. The Morgan fingerprint density at radius 3 is 2.03 bits per heavy atom. The van der Waals surface area contributed by atoms with Gasteiger partial charge in [-0.15, -0.1) is 0 Å². The van der Waals surface area contributed by atoms with Crippen molar-refractivity contribution in [3.05, 3.63) is 83.9 Å². The van der Waals surface area contributed by atoms with E-state index in [0.717, 1.165) is 18.8 Å². The van der Waals surface area contributed by atoms with Crippen LogP contribution in [-0.2, 0) is 9.53 Å². The molecule has 1 fully saturated rings. The summed E-state index contributed by atoms with van der Waals surface area (Å²) in [6, 6.07) is 24.2. The molecule has 7 heteroatoms. The molecular formula is C27H27N3O4. The molecule has 174 valence electrons. The lowest BCUT2D eigenvalue weighted by molar-refractivity contribution is -0.138. The van der Waals surface area contributed by atoms with Crippen LogP contribution in [0.3, 0.4) is 0 Å². The number of nitrogens with zero attached hydrogens (tertiary/aromatic N) is 2. The number of hydrogen-bond donors (Lipinski definition) is 2. The fraction of sp³-hybridized carbons (Fsp3) is 0.259. The Bertz CT molecular complexity index is 1140. The minimum Gasteiger partial charge on any atom is -0.480 e. The fourth-order valence-electron chi connectivity index (χ4n) is 4.86. The zero-order chi connectivity index (χ0) is 23.5. The first kappa shape index (κ1) is 22.0. The van der Waals surface area contributed by atoms with Crippen LogP contribution < -0.4 is 10.2 Å². The van der Waals surface area contributed by atoms with E-state index in [1.807, 2.05) is 53.4 Å². The summed E-state index contributed by atoms with van der Waals surface area (Å²) in [5.74, 6) is -0.766. The molecule has 0 saturated carbocycles. The number of carboxylic acids is 1. The number of benzene rings is 3. The molecule has 2 N–H and O–H groups in total. The van der Waals surface area contributed by atoms with Crippen LogP contribution in [0.15, 0.2) is 72.8 Å². The largest absolute Gasteiger partial charge is 0.480 e. The highest BCUT2D eigenvalue weighted by molar-refractivity contribution is 5.85. The van der Waals surface area contributed by atoms with Gasteiger partial charge < -0.3 is 14.7 Å². The summed E-state index contributed by atoms with van der Waals surface area (Å²) in [6.07, 6.45) is -0.475. The topological polar surface area (TPSA) is 82.1 Å². The number of ether oxygens (including phenoxy) is 1. The van der Waals surface area contributed by atoms with Crippen LogP contribution in [0.25, 0.3) is 11.1 Å². The predicted octanol–water partition coefficient (Wildman–Crippen LogP) is 4.25. The number of fused-ring (bicyclic) bond motifs is 3. The lowest BCUT2D eigenvalue weighted by atomic mass is 9.98. The summed E-state index contributed by atoms with van der Waals surface area (Å²) in [5, 5.41) is 11.8. The number of hydrogen-bond acceptors (Lipinski definition) is 5. The molecule has 0 unspecified atom stereocenters. The summed E-state index contributed by atoms with van der Waals surface area (Å²) in [6.45, 7) is 3.33. The monoisotopic (exact) mass is 457 g/mol. The van der Waals surface area contributed by atoms with E-state index in [0.29, 0.717) is 18.8 Å². The molecule has 1 saturated heterocycles. The van der Waals surface area contributed by atoms with E-state index in [4.69, 9.17) is 9.84 Å². The number of carboxylic acid groups (broad SMARTS) is 1. The number of carbonyl (C=O) groups is 2. The number of amides is 1. The molecule has 1 amide bonds. The molecule has 34 heavy (non-hydrogen) atoms. The maximum absolute atomic E-state index is 12.5. The van der Waals surface area contributed by atoms with Gasteiger partial charge in [0.2, 0.25) is 0 Å². The summed E-state index contributed by atoms with van der Waals surface area (Å²) in [4.78, 5) is 27.5. The summed E-state index contributed by atoms with van der Waals surface area (Å²) in [5.41, 5.74) is 6.49. The first-order chi connectivity index (χ1) is 16.6. The Morgan fingerprint density at radius 2 is 1.44 bits per heavy atom. The molecule has 0 aromatic heterocycles. The van der Waals surface area contributed by atoms with Crippen molar-refractivity contribution in [2.24, 2.45) is 0 Å². The summed E-state index contributed by atoms with van der Waals surface area (Å²) < 4.78 is 5.62. The van der Waals surface area contributed by atoms with Crippen LogP contribution >= 0.6 is 0 Å². The van der Waals surface area contributed by atoms with Crippen molar-refractivity contribution in [3.63, 3.8) is 0 Å². The van der Waals surface area contributed by atoms with Gasteiger partial charge in [0.1, 0.15) is 6.61 Å². The molecule has 3 aromatic rings. The van der Waals surface area contributed by atoms with Gasteiger partial charge in [0, 0.05) is 43.5 Å². The SMILES string of the molecule is O=C(O)CN1CCN(c2ccc(NC(=O)OCC3c4ccccc4-c4ccccc43)cc2)CC1. The quantitative estimate of drug-likeness (QED) is 0.576. The molecule has 0 atom stereocenters. The van der Waals surface area contributed by atoms with Crippen LogP contribution in [0, 0.1) is 0 Å². The molecule has 1 heterocycles. The van der Waals surface area contributed by atoms with E-state index >= 15 is 0 Å². The number of anilines is 2. The fourth-order valence-corrected chi connectivity index (χ4v) is 4.86. The van der Waals surface area contributed by atoms with Crippen molar-refractivity contribution in [1.29, 1.82) is 0 Å². The third-order valence-electron chi connectivity index (χ3n) is 6.55. The van der Waals surface area contributed by atoms with Crippen molar-refractivity contribution in [2.45, 2.75) is 5.92 Å². The Morgan fingerprint density at radius 1 is 0.853 bits per heavy atom. The summed E-state index contributed by atoms with van der Waals surface area (Å²) in [7, 11) is 0. The number of rotatable bonds is 6. The van der Waals surface area contributed by atoms with E-state index in [1.54, 1.807) is 0 Å². The van der Waals surface area contributed by atoms with Crippen LogP contribution in [0.4, 0.5) is 16.2 Å². The zero-order valence-corrected chi connectivity index (χ0v) is 18.8. The molecular weight excluding hydrogens is 430 g/mol. The third kappa shape index (κ3) is 4.61. The Labute approximate surface area is 198 Å². The maximum atomic E-state index is 12.5. The first-order valence-corrected chi connectivity index (χ1v) is 11.5. The molecule has 5 rings (SSSR count). The van der Waals surface area contributed by atoms with Gasteiger partial charge in [0.15, 0.2) is 0 Å². The highest BCUT2D eigenvalue weighted by atomic mass is 16.5. The highest BCUT2D eigenvalue weighted by Gasteiger charge is 2.29. The van der Waals surface area contributed by atoms with Gasteiger partial charge >= 0.3 is 12.1 Å². The molecule has 2 aliphatic rings. The molecule has 0 spiro atoms. The summed E-state index contributed by atoms with van der Waals surface area (Å²) >= 11 is 0. The molecule has 0 bridgehead atoms. The van der Waals surface area contributed by atoms with Gasteiger partial charge in [0.25, 0.3) is 0 Å². The molecule has 0 radical (unpaired) electrons. The van der Waals surface area contributed by atoms with Gasteiger partial charge in [-0.25, -0.2) is 4.79 Å². The second-order valence-corrected chi connectivity index (χ2v) is 8.65. The lowest BCUT2D eigenvalue weighted by Gasteiger charge is -2.35. The van der Waals surface area contributed by atoms with Gasteiger partial charge in [-0.05, 0) is 46.5 Å². The van der Waals surface area contributed by atoms with Gasteiger partial charge in [-0.3, -0.25) is 15.0 Å². The average Bonchev–Trinajstić information content (AvgIpc) is 3.17. The lowest BCUT2D eigenvalue weighted by Crippen LogP contribution is -2.47. The highest BCUT2D eigenvalue weighted by Crippen LogP contribution is 2.44. The Balaban J connectivity index is 1.16. The molecule has 1 aliphatic heterocycles. The van der Waals surface area contributed by atoms with E-state index < -0.39 is 12.1 Å². The van der Waals surface area contributed by atoms with Crippen molar-refractivity contribution < 1.29 is 19.4 Å². The van der Waals surface area contributed by atoms with E-state index in [2.05, 4.69) is 34.5 Å². The smallest absolute Gasteiger partial charge is 0.411 e.